The molecule has 0 aliphatic carbocycles. The molecule has 0 aromatic rings. The molecule has 0 aromatic heterocycles. The first-order valence-electron chi connectivity index (χ1n) is 5.67. The Morgan fingerprint density at radius 2 is 2.07 bits per heavy atom. The van der Waals surface area contributed by atoms with Crippen LogP contribution in [0.5, 0.6) is 0 Å². The van der Waals surface area contributed by atoms with Crippen LogP contribution in [0, 0.1) is 5.92 Å². The summed E-state index contributed by atoms with van der Waals surface area (Å²) in [5, 5.41) is 0. The summed E-state index contributed by atoms with van der Waals surface area (Å²) in [4.78, 5) is 5.27. The van der Waals surface area contributed by atoms with Crippen molar-refractivity contribution in [3.05, 3.63) is 0 Å². The summed E-state index contributed by atoms with van der Waals surface area (Å²) >= 11 is 0.471. The molecule has 1 rings (SSSR count). The molecule has 2 atom stereocenters. The Balaban J connectivity index is 2.30. The van der Waals surface area contributed by atoms with Gasteiger partial charge in [0, 0.05) is 0 Å². The van der Waals surface area contributed by atoms with Gasteiger partial charge < -0.3 is 0 Å². The SMILES string of the molecule is CCC(CC)CC[C@H]1N=C(N)[Se][C@H]1C. The minimum atomic E-state index is 0.471. The van der Waals surface area contributed by atoms with Gasteiger partial charge in [0.1, 0.15) is 0 Å². The molecule has 0 unspecified atom stereocenters. The number of rotatable bonds is 5. The summed E-state index contributed by atoms with van der Waals surface area (Å²) in [6, 6.07) is 0.538. The van der Waals surface area contributed by atoms with Crippen LogP contribution in [-0.4, -0.2) is 25.7 Å². The summed E-state index contributed by atoms with van der Waals surface area (Å²) < 4.78 is 0.930. The van der Waals surface area contributed by atoms with Crippen LogP contribution in [0.4, 0.5) is 0 Å². The minimum absolute atomic E-state index is 0.471. The zero-order chi connectivity index (χ0) is 10.6. The fourth-order valence-corrected chi connectivity index (χ4v) is 3.92. The van der Waals surface area contributed by atoms with Crippen LogP contribution < -0.4 is 5.73 Å². The van der Waals surface area contributed by atoms with E-state index in [1.54, 1.807) is 0 Å². The zero-order valence-corrected chi connectivity index (χ0v) is 11.2. The Labute approximate surface area is 93.9 Å². The second-order valence-electron chi connectivity index (χ2n) is 4.12. The summed E-state index contributed by atoms with van der Waals surface area (Å²) in [5.41, 5.74) is 5.76. The fraction of sp³-hybridized carbons (Fsp3) is 0.909. The van der Waals surface area contributed by atoms with Crippen LogP contribution >= 0.6 is 0 Å². The van der Waals surface area contributed by atoms with Gasteiger partial charge in [-0.25, -0.2) is 0 Å². The van der Waals surface area contributed by atoms with E-state index in [4.69, 9.17) is 5.73 Å². The third kappa shape index (κ3) is 3.29. The molecular weight excluding hydrogens is 239 g/mol. The standard InChI is InChI=1S/C11H22N2Se/c1-4-9(5-2)6-7-10-8(3)14-11(12)13-10/h8-10H,4-7H2,1-3H3,(H2,12,13)/t8-,10+/m0/s1. The maximum absolute atomic E-state index is 5.76. The number of nitrogens with zero attached hydrogens (tertiary/aromatic N) is 1. The van der Waals surface area contributed by atoms with E-state index in [2.05, 4.69) is 25.8 Å². The molecule has 3 heteroatoms. The second kappa shape index (κ2) is 5.77. The Bertz CT molecular complexity index is 199. The number of hydrogen-bond donors (Lipinski definition) is 1. The van der Waals surface area contributed by atoms with Gasteiger partial charge in [-0.3, -0.25) is 0 Å². The van der Waals surface area contributed by atoms with Gasteiger partial charge in [-0.2, -0.15) is 0 Å². The van der Waals surface area contributed by atoms with Crippen LogP contribution in [0.15, 0.2) is 4.99 Å². The van der Waals surface area contributed by atoms with Crippen molar-refractivity contribution in [3.63, 3.8) is 0 Å². The van der Waals surface area contributed by atoms with Gasteiger partial charge >= 0.3 is 93.6 Å². The van der Waals surface area contributed by atoms with Crippen molar-refractivity contribution >= 4 is 19.7 Å². The van der Waals surface area contributed by atoms with Crippen molar-refractivity contribution in [2.75, 3.05) is 0 Å². The van der Waals surface area contributed by atoms with Crippen molar-refractivity contribution in [2.45, 2.75) is 57.3 Å². The second-order valence-corrected chi connectivity index (χ2v) is 7.05. The number of hydrogen-bond acceptors (Lipinski definition) is 2. The van der Waals surface area contributed by atoms with Crippen LogP contribution in [0.25, 0.3) is 0 Å². The van der Waals surface area contributed by atoms with E-state index in [0.29, 0.717) is 21.0 Å². The Morgan fingerprint density at radius 3 is 2.50 bits per heavy atom. The van der Waals surface area contributed by atoms with E-state index >= 15 is 0 Å². The molecule has 14 heavy (non-hydrogen) atoms. The topological polar surface area (TPSA) is 38.4 Å². The average molecular weight is 261 g/mol. The van der Waals surface area contributed by atoms with Gasteiger partial charge in [-0.05, 0) is 0 Å². The molecule has 0 saturated carbocycles. The van der Waals surface area contributed by atoms with Crippen molar-refractivity contribution in [3.8, 4) is 0 Å². The van der Waals surface area contributed by atoms with Gasteiger partial charge in [0.2, 0.25) is 0 Å². The molecule has 0 bridgehead atoms. The normalized spacial score (nSPS) is 27.0. The summed E-state index contributed by atoms with van der Waals surface area (Å²) in [5.74, 6) is 0.895. The maximum atomic E-state index is 5.76. The van der Waals surface area contributed by atoms with Gasteiger partial charge in [-0.15, -0.1) is 0 Å². The molecule has 0 radical (unpaired) electrons. The molecule has 1 aliphatic rings. The van der Waals surface area contributed by atoms with Crippen molar-refractivity contribution < 1.29 is 0 Å². The van der Waals surface area contributed by atoms with E-state index in [-0.39, 0.29) is 0 Å². The molecule has 1 heterocycles. The van der Waals surface area contributed by atoms with Gasteiger partial charge in [0.15, 0.2) is 0 Å². The fourth-order valence-electron chi connectivity index (χ4n) is 1.97. The monoisotopic (exact) mass is 262 g/mol. The molecular formula is C11H22N2Se. The van der Waals surface area contributed by atoms with E-state index < -0.39 is 0 Å². The Kier molecular flexibility index (Phi) is 4.97. The Morgan fingerprint density at radius 1 is 1.43 bits per heavy atom. The molecule has 2 nitrogen and oxygen atoms in total. The van der Waals surface area contributed by atoms with E-state index in [9.17, 15) is 0 Å². The van der Waals surface area contributed by atoms with Gasteiger partial charge in [0.05, 0.1) is 0 Å². The molecule has 0 spiro atoms. The van der Waals surface area contributed by atoms with Gasteiger partial charge in [0.25, 0.3) is 0 Å². The molecule has 2 N–H and O–H groups in total. The van der Waals surface area contributed by atoms with Gasteiger partial charge in [-0.1, -0.05) is 0 Å². The van der Waals surface area contributed by atoms with E-state index in [1.165, 1.54) is 25.7 Å². The number of aliphatic imine (C=N–C) groups is 1. The predicted molar refractivity (Wildman–Crippen MR) is 63.9 cm³/mol. The molecule has 1 aliphatic heterocycles. The number of nitrogens with two attached hydrogens (primary N) is 1. The molecule has 0 aromatic carbocycles. The first-order chi connectivity index (χ1) is 6.67. The van der Waals surface area contributed by atoms with Crippen molar-refractivity contribution in [1.29, 1.82) is 0 Å². The molecule has 0 fully saturated rings. The third-order valence-electron chi connectivity index (χ3n) is 3.17. The molecule has 0 amide bonds. The van der Waals surface area contributed by atoms with E-state index in [1.807, 2.05) is 0 Å². The zero-order valence-electron chi connectivity index (χ0n) is 9.49. The van der Waals surface area contributed by atoms with Crippen molar-refractivity contribution in [2.24, 2.45) is 16.6 Å². The van der Waals surface area contributed by atoms with E-state index in [0.717, 1.165) is 15.5 Å². The first-order valence-corrected chi connectivity index (χ1v) is 7.51. The number of amidine groups is 1. The third-order valence-corrected chi connectivity index (χ3v) is 5.33. The predicted octanol–water partition coefficient (Wildman–Crippen LogP) is 2.41. The van der Waals surface area contributed by atoms with Crippen LogP contribution in [0.3, 0.4) is 0 Å². The van der Waals surface area contributed by atoms with Crippen LogP contribution in [0.2, 0.25) is 4.82 Å². The summed E-state index contributed by atoms with van der Waals surface area (Å²) in [6.07, 6.45) is 5.19. The van der Waals surface area contributed by atoms with Crippen molar-refractivity contribution in [1.82, 2.24) is 0 Å². The summed E-state index contributed by atoms with van der Waals surface area (Å²) in [7, 11) is 0. The average Bonchev–Trinajstić information content (AvgIpc) is 2.47. The van der Waals surface area contributed by atoms with Crippen LogP contribution in [-0.2, 0) is 0 Å². The molecule has 0 saturated heterocycles. The van der Waals surface area contributed by atoms with Crippen LogP contribution in [0.1, 0.15) is 46.5 Å². The quantitative estimate of drug-likeness (QED) is 0.758. The first kappa shape index (κ1) is 12.1. The summed E-state index contributed by atoms with van der Waals surface area (Å²) in [6.45, 7) is 6.86. The Hall–Kier alpha value is -0.0105. The molecule has 82 valence electrons.